The Morgan fingerprint density at radius 2 is 0.862 bits per heavy atom. The van der Waals surface area contributed by atoms with Gasteiger partial charge < -0.3 is 5.32 Å². The van der Waals surface area contributed by atoms with E-state index in [4.69, 9.17) is 0 Å². The molecule has 0 aliphatic rings. The van der Waals surface area contributed by atoms with Gasteiger partial charge in [0.15, 0.2) is 0 Å². The Labute approximate surface area is 178 Å². The van der Waals surface area contributed by atoms with E-state index in [-0.39, 0.29) is 5.41 Å². The van der Waals surface area contributed by atoms with E-state index in [0.29, 0.717) is 0 Å². The Bertz CT molecular complexity index is 768. The van der Waals surface area contributed by atoms with Crippen molar-refractivity contribution < 1.29 is 0 Å². The van der Waals surface area contributed by atoms with Gasteiger partial charge in [-0.05, 0) is 59.2 Å². The normalized spacial score (nSPS) is 10.8. The fourth-order valence-corrected chi connectivity index (χ4v) is 3.39. The minimum Gasteiger partial charge on any atom is -0.388 e. The lowest BCUT2D eigenvalue weighted by molar-refractivity contribution is 0.640. The molecule has 3 rings (SSSR count). The van der Waals surface area contributed by atoms with Crippen LogP contribution in [0.3, 0.4) is 0 Å². The predicted molar refractivity (Wildman–Crippen MR) is 129 cm³/mol. The highest BCUT2D eigenvalue weighted by Crippen LogP contribution is 2.31. The van der Waals surface area contributed by atoms with Crippen LogP contribution in [0.1, 0.15) is 62.4 Å². The second-order valence-electron chi connectivity index (χ2n) is 8.03. The summed E-state index contributed by atoms with van der Waals surface area (Å²) in [5, 5.41) is 3.08. The fraction of sp³-hybridized carbons (Fsp3) is 0.357. The van der Waals surface area contributed by atoms with Crippen molar-refractivity contribution >= 4 is 5.69 Å². The molecule has 0 aliphatic carbocycles. The molecule has 0 bridgehead atoms. The van der Waals surface area contributed by atoms with Gasteiger partial charge in [-0.2, -0.15) is 0 Å². The van der Waals surface area contributed by atoms with Crippen LogP contribution in [0, 0.1) is 0 Å². The molecule has 0 saturated carbocycles. The molecule has 0 aromatic heterocycles. The number of nitrogens with one attached hydrogen (secondary N) is 1. The Kier molecular flexibility index (Phi) is 8.51. The maximum absolute atomic E-state index is 3.08. The highest BCUT2D eigenvalue weighted by Gasteiger charge is 2.22. The first-order valence-corrected chi connectivity index (χ1v) is 10.9. The van der Waals surface area contributed by atoms with Crippen molar-refractivity contribution in [2.24, 2.45) is 0 Å². The van der Waals surface area contributed by atoms with Crippen molar-refractivity contribution in [3.05, 3.63) is 101 Å². The number of anilines is 1. The van der Waals surface area contributed by atoms with E-state index in [1.54, 1.807) is 0 Å². The highest BCUT2D eigenvalue weighted by molar-refractivity contribution is 5.43. The molecular weight excluding hydrogens is 350 g/mol. The largest absolute Gasteiger partial charge is 0.388 e. The third-order valence-electron chi connectivity index (χ3n) is 5.82. The van der Waals surface area contributed by atoms with Crippen molar-refractivity contribution in [3.63, 3.8) is 0 Å². The summed E-state index contributed by atoms with van der Waals surface area (Å²) in [5.74, 6) is 0. The van der Waals surface area contributed by atoms with Crippen LogP contribution in [0.2, 0.25) is 0 Å². The van der Waals surface area contributed by atoms with Crippen LogP contribution in [-0.4, -0.2) is 7.05 Å². The SMILES string of the molecule is CCc1ccc(C(C)(C)c2ccc(CC)cc2)cc1.CCc1ccc(NC)cc1. The Balaban J connectivity index is 0.000000253. The van der Waals surface area contributed by atoms with Gasteiger partial charge in [-0.3, -0.25) is 0 Å². The van der Waals surface area contributed by atoms with Gasteiger partial charge >= 0.3 is 0 Å². The standard InChI is InChI=1S/C19H24.C9H13N/c1-5-15-7-11-17(12-8-15)19(3,4)18-13-9-16(6-2)10-14-18;1-3-8-4-6-9(10-2)7-5-8/h7-14H,5-6H2,1-4H3;4-7,10H,3H2,1-2H3. The number of rotatable bonds is 6. The lowest BCUT2D eigenvalue weighted by Crippen LogP contribution is -2.18. The summed E-state index contributed by atoms with van der Waals surface area (Å²) in [7, 11) is 1.93. The summed E-state index contributed by atoms with van der Waals surface area (Å²) in [5.41, 5.74) is 8.21. The summed E-state index contributed by atoms with van der Waals surface area (Å²) in [4.78, 5) is 0. The molecule has 0 spiro atoms. The molecule has 1 heteroatoms. The summed E-state index contributed by atoms with van der Waals surface area (Å²) < 4.78 is 0. The van der Waals surface area contributed by atoms with Crippen molar-refractivity contribution in [3.8, 4) is 0 Å². The molecule has 3 aromatic rings. The Morgan fingerprint density at radius 3 is 1.14 bits per heavy atom. The molecule has 154 valence electrons. The van der Waals surface area contributed by atoms with E-state index in [2.05, 4.69) is 113 Å². The third-order valence-corrected chi connectivity index (χ3v) is 5.82. The van der Waals surface area contributed by atoms with E-state index in [0.717, 1.165) is 19.3 Å². The van der Waals surface area contributed by atoms with Gasteiger partial charge in [0, 0.05) is 18.2 Å². The van der Waals surface area contributed by atoms with Gasteiger partial charge in [0.25, 0.3) is 0 Å². The lowest BCUT2D eigenvalue weighted by atomic mass is 9.77. The molecule has 0 amide bonds. The molecule has 0 unspecified atom stereocenters. The molecule has 1 nitrogen and oxygen atoms in total. The van der Waals surface area contributed by atoms with E-state index in [9.17, 15) is 0 Å². The minimum absolute atomic E-state index is 0.0680. The van der Waals surface area contributed by atoms with Crippen LogP contribution >= 0.6 is 0 Å². The number of hydrogen-bond donors (Lipinski definition) is 1. The van der Waals surface area contributed by atoms with Gasteiger partial charge in [0.2, 0.25) is 0 Å². The molecule has 3 aromatic carbocycles. The second kappa shape index (κ2) is 10.9. The van der Waals surface area contributed by atoms with E-state index in [1.807, 2.05) is 7.05 Å². The summed E-state index contributed by atoms with van der Waals surface area (Å²) in [6.45, 7) is 11.2. The number of aryl methyl sites for hydroxylation is 3. The van der Waals surface area contributed by atoms with Crippen molar-refractivity contribution in [2.45, 2.75) is 59.3 Å². The molecule has 0 fully saturated rings. The van der Waals surface area contributed by atoms with Crippen LogP contribution in [0.5, 0.6) is 0 Å². The zero-order valence-corrected chi connectivity index (χ0v) is 19.0. The molecule has 0 atom stereocenters. The molecule has 1 N–H and O–H groups in total. The first kappa shape index (κ1) is 22.7. The summed E-state index contributed by atoms with van der Waals surface area (Å²) >= 11 is 0. The van der Waals surface area contributed by atoms with Gasteiger partial charge in [-0.15, -0.1) is 0 Å². The number of hydrogen-bond acceptors (Lipinski definition) is 1. The maximum Gasteiger partial charge on any atom is 0.0337 e. The van der Waals surface area contributed by atoms with E-state index in [1.165, 1.54) is 33.5 Å². The molecule has 29 heavy (non-hydrogen) atoms. The van der Waals surface area contributed by atoms with Gasteiger partial charge in [0.05, 0.1) is 0 Å². The average Bonchev–Trinajstić information content (AvgIpc) is 2.79. The van der Waals surface area contributed by atoms with Crippen LogP contribution < -0.4 is 5.32 Å². The second-order valence-corrected chi connectivity index (χ2v) is 8.03. The molecule has 0 saturated heterocycles. The van der Waals surface area contributed by atoms with Crippen LogP contribution in [0.15, 0.2) is 72.8 Å². The van der Waals surface area contributed by atoms with Crippen molar-refractivity contribution in [1.29, 1.82) is 0 Å². The number of benzene rings is 3. The highest BCUT2D eigenvalue weighted by atomic mass is 14.8. The van der Waals surface area contributed by atoms with Crippen molar-refractivity contribution in [2.75, 3.05) is 12.4 Å². The van der Waals surface area contributed by atoms with Crippen LogP contribution in [0.4, 0.5) is 5.69 Å². The monoisotopic (exact) mass is 387 g/mol. The molecule has 0 radical (unpaired) electrons. The van der Waals surface area contributed by atoms with E-state index >= 15 is 0 Å². The maximum atomic E-state index is 3.08. The zero-order chi connectivity index (χ0) is 21.3. The van der Waals surface area contributed by atoms with Gasteiger partial charge in [-0.1, -0.05) is 95.3 Å². The minimum atomic E-state index is 0.0680. The quantitative estimate of drug-likeness (QED) is 0.464. The first-order valence-electron chi connectivity index (χ1n) is 10.9. The smallest absolute Gasteiger partial charge is 0.0337 e. The first-order chi connectivity index (χ1) is 13.9. The molecule has 0 heterocycles. The molecule has 0 aliphatic heterocycles. The third kappa shape index (κ3) is 6.22. The zero-order valence-electron chi connectivity index (χ0n) is 19.0. The fourth-order valence-electron chi connectivity index (χ4n) is 3.39. The van der Waals surface area contributed by atoms with Crippen LogP contribution in [0.25, 0.3) is 0 Å². The summed E-state index contributed by atoms with van der Waals surface area (Å²) in [6, 6.07) is 26.6. The Hall–Kier alpha value is -2.54. The van der Waals surface area contributed by atoms with Crippen molar-refractivity contribution in [1.82, 2.24) is 0 Å². The van der Waals surface area contributed by atoms with Crippen LogP contribution in [-0.2, 0) is 24.7 Å². The van der Waals surface area contributed by atoms with Gasteiger partial charge in [0.1, 0.15) is 0 Å². The summed E-state index contributed by atoms with van der Waals surface area (Å²) in [6.07, 6.45) is 3.32. The van der Waals surface area contributed by atoms with Gasteiger partial charge in [-0.25, -0.2) is 0 Å². The topological polar surface area (TPSA) is 12.0 Å². The average molecular weight is 388 g/mol. The van der Waals surface area contributed by atoms with E-state index < -0.39 is 0 Å². The lowest BCUT2D eigenvalue weighted by Gasteiger charge is -2.26. The predicted octanol–water partition coefficient (Wildman–Crippen LogP) is 7.43. The molecular formula is C28H37N. The Morgan fingerprint density at radius 1 is 0.552 bits per heavy atom.